The lowest BCUT2D eigenvalue weighted by Crippen LogP contribution is -2.58. The molecule has 3 rings (SSSR count). The van der Waals surface area contributed by atoms with Crippen molar-refractivity contribution in [2.75, 3.05) is 0 Å². The van der Waals surface area contributed by atoms with Crippen LogP contribution in [0.2, 0.25) is 0 Å². The highest BCUT2D eigenvalue weighted by atomic mass is 16.4. The summed E-state index contributed by atoms with van der Waals surface area (Å²) in [4.78, 5) is 12.1. The van der Waals surface area contributed by atoms with Crippen LogP contribution in [0.3, 0.4) is 0 Å². The molecule has 2 saturated carbocycles. The molecule has 5 atom stereocenters. The van der Waals surface area contributed by atoms with Crippen LogP contribution in [0.4, 0.5) is 0 Å². The van der Waals surface area contributed by atoms with Gasteiger partial charge in [0.05, 0.1) is 5.41 Å². The minimum Gasteiger partial charge on any atom is -0.481 e. The molecule has 2 fully saturated rings. The summed E-state index contributed by atoms with van der Waals surface area (Å²) in [5.74, 6) is -0.298. The van der Waals surface area contributed by atoms with Crippen LogP contribution in [-0.4, -0.2) is 11.1 Å². The van der Waals surface area contributed by atoms with Gasteiger partial charge < -0.3 is 5.11 Å². The number of carbonyl (C=O) groups is 1. The SMILES string of the molecule is C=CC1(C)C=C2CCC3C(C)(C(=O)O)CCCC3(C)C2(C)CC1. The van der Waals surface area contributed by atoms with E-state index in [0.29, 0.717) is 0 Å². The Kier molecular flexibility index (Phi) is 3.63. The molecular weight excluding hydrogens is 284 g/mol. The predicted molar refractivity (Wildman–Crippen MR) is 94.2 cm³/mol. The van der Waals surface area contributed by atoms with E-state index in [1.165, 1.54) is 6.42 Å². The normalized spacial score (nSPS) is 49.6. The molecule has 0 spiro atoms. The van der Waals surface area contributed by atoms with Crippen LogP contribution >= 0.6 is 0 Å². The standard InChI is InChI=1S/C21H32O2/c1-6-18(2)12-13-20(4)15(14-18)8-9-16-19(3,17(22)23)10-7-11-21(16,20)5/h6,14,16H,1,7-13H2,2-5H3,(H,22,23). The predicted octanol–water partition coefficient (Wildman–Crippen LogP) is 5.60. The summed E-state index contributed by atoms with van der Waals surface area (Å²) in [5.41, 5.74) is 1.38. The molecule has 2 heteroatoms. The lowest BCUT2D eigenvalue weighted by Gasteiger charge is -2.64. The molecule has 128 valence electrons. The highest BCUT2D eigenvalue weighted by molar-refractivity contribution is 5.75. The largest absolute Gasteiger partial charge is 0.481 e. The zero-order valence-corrected chi connectivity index (χ0v) is 15.2. The van der Waals surface area contributed by atoms with Gasteiger partial charge in [0.15, 0.2) is 0 Å². The van der Waals surface area contributed by atoms with Gasteiger partial charge in [-0.05, 0) is 62.2 Å². The maximum Gasteiger partial charge on any atom is 0.309 e. The Morgan fingerprint density at radius 2 is 1.91 bits per heavy atom. The number of carboxylic acid groups (broad SMARTS) is 1. The summed E-state index contributed by atoms with van der Waals surface area (Å²) >= 11 is 0. The number of carboxylic acids is 1. The third-order valence-electron chi connectivity index (χ3n) is 8.22. The third kappa shape index (κ3) is 2.09. The molecule has 0 radical (unpaired) electrons. The van der Waals surface area contributed by atoms with Gasteiger partial charge in [-0.2, -0.15) is 0 Å². The Balaban J connectivity index is 2.08. The van der Waals surface area contributed by atoms with Gasteiger partial charge in [-0.3, -0.25) is 4.79 Å². The van der Waals surface area contributed by atoms with Gasteiger partial charge >= 0.3 is 5.97 Å². The zero-order valence-electron chi connectivity index (χ0n) is 15.2. The van der Waals surface area contributed by atoms with E-state index in [1.54, 1.807) is 5.57 Å². The van der Waals surface area contributed by atoms with E-state index in [0.717, 1.165) is 38.5 Å². The second-order valence-corrected chi connectivity index (χ2v) is 9.30. The fraction of sp³-hybridized carbons (Fsp3) is 0.762. The monoisotopic (exact) mass is 316 g/mol. The van der Waals surface area contributed by atoms with E-state index in [1.807, 2.05) is 6.92 Å². The fourth-order valence-electron chi connectivity index (χ4n) is 6.20. The van der Waals surface area contributed by atoms with Gasteiger partial charge in [-0.1, -0.05) is 44.9 Å². The van der Waals surface area contributed by atoms with Crippen LogP contribution in [0.25, 0.3) is 0 Å². The van der Waals surface area contributed by atoms with E-state index in [-0.39, 0.29) is 22.2 Å². The lowest BCUT2D eigenvalue weighted by molar-refractivity contribution is -0.170. The summed E-state index contributed by atoms with van der Waals surface area (Å²) in [6, 6.07) is 0. The summed E-state index contributed by atoms with van der Waals surface area (Å²) in [7, 11) is 0. The van der Waals surface area contributed by atoms with Crippen molar-refractivity contribution in [2.24, 2.45) is 27.6 Å². The van der Waals surface area contributed by atoms with E-state index < -0.39 is 11.4 Å². The number of aliphatic carboxylic acids is 1. The average Bonchev–Trinajstić information content (AvgIpc) is 2.49. The van der Waals surface area contributed by atoms with Crippen molar-refractivity contribution >= 4 is 5.97 Å². The Morgan fingerprint density at radius 1 is 1.22 bits per heavy atom. The molecule has 1 N–H and O–H groups in total. The van der Waals surface area contributed by atoms with E-state index >= 15 is 0 Å². The quantitative estimate of drug-likeness (QED) is 0.674. The first-order valence-corrected chi connectivity index (χ1v) is 9.21. The second kappa shape index (κ2) is 4.97. The number of rotatable bonds is 2. The first-order valence-electron chi connectivity index (χ1n) is 9.21. The number of hydrogen-bond acceptors (Lipinski definition) is 1. The Morgan fingerprint density at radius 3 is 2.52 bits per heavy atom. The van der Waals surface area contributed by atoms with Gasteiger partial charge in [0.2, 0.25) is 0 Å². The molecule has 23 heavy (non-hydrogen) atoms. The molecule has 0 aromatic carbocycles. The van der Waals surface area contributed by atoms with Crippen molar-refractivity contribution in [3.63, 3.8) is 0 Å². The number of hydrogen-bond donors (Lipinski definition) is 1. The zero-order chi connectivity index (χ0) is 17.1. The van der Waals surface area contributed by atoms with E-state index in [9.17, 15) is 9.90 Å². The van der Waals surface area contributed by atoms with Crippen LogP contribution in [0.15, 0.2) is 24.3 Å². The van der Waals surface area contributed by atoms with Gasteiger partial charge in [0.25, 0.3) is 0 Å². The molecule has 5 unspecified atom stereocenters. The summed E-state index contributed by atoms with van der Waals surface area (Å²) in [5, 5.41) is 9.92. The molecule has 0 aromatic rings. The van der Waals surface area contributed by atoms with Crippen molar-refractivity contribution in [2.45, 2.75) is 72.6 Å². The van der Waals surface area contributed by atoms with Gasteiger partial charge in [0, 0.05) is 5.41 Å². The number of fused-ring (bicyclic) bond motifs is 3. The fourth-order valence-corrected chi connectivity index (χ4v) is 6.20. The maximum atomic E-state index is 12.1. The van der Waals surface area contributed by atoms with Crippen LogP contribution in [0.5, 0.6) is 0 Å². The highest BCUT2D eigenvalue weighted by Gasteiger charge is 2.62. The van der Waals surface area contributed by atoms with E-state index in [4.69, 9.17) is 0 Å². The van der Waals surface area contributed by atoms with Crippen LogP contribution in [-0.2, 0) is 4.79 Å². The Bertz CT molecular complexity index is 576. The molecule has 3 aliphatic carbocycles. The molecule has 2 nitrogen and oxygen atoms in total. The molecule has 0 saturated heterocycles. The minimum absolute atomic E-state index is 0.102. The van der Waals surface area contributed by atoms with Crippen LogP contribution in [0.1, 0.15) is 72.6 Å². The Hall–Kier alpha value is -1.05. The summed E-state index contributed by atoms with van der Waals surface area (Å²) in [6.45, 7) is 13.1. The molecule has 3 aliphatic rings. The van der Waals surface area contributed by atoms with Crippen molar-refractivity contribution in [3.05, 3.63) is 24.3 Å². The average molecular weight is 316 g/mol. The van der Waals surface area contributed by atoms with Crippen LogP contribution in [0, 0.1) is 27.6 Å². The maximum absolute atomic E-state index is 12.1. The topological polar surface area (TPSA) is 37.3 Å². The van der Waals surface area contributed by atoms with Crippen molar-refractivity contribution in [1.82, 2.24) is 0 Å². The highest BCUT2D eigenvalue weighted by Crippen LogP contribution is 2.69. The van der Waals surface area contributed by atoms with Gasteiger partial charge in [-0.25, -0.2) is 0 Å². The molecule has 0 aromatic heterocycles. The van der Waals surface area contributed by atoms with Gasteiger partial charge in [-0.15, -0.1) is 6.58 Å². The smallest absolute Gasteiger partial charge is 0.309 e. The molecule has 0 heterocycles. The first kappa shape index (κ1) is 16.8. The third-order valence-corrected chi connectivity index (χ3v) is 8.22. The van der Waals surface area contributed by atoms with Gasteiger partial charge in [0.1, 0.15) is 0 Å². The second-order valence-electron chi connectivity index (χ2n) is 9.30. The molecule has 0 bridgehead atoms. The lowest BCUT2D eigenvalue weighted by atomic mass is 9.40. The molecule has 0 amide bonds. The minimum atomic E-state index is -0.587. The molecular formula is C21H32O2. The summed E-state index contributed by atoms with van der Waals surface area (Å²) < 4.78 is 0. The van der Waals surface area contributed by atoms with Crippen molar-refractivity contribution in [3.8, 4) is 0 Å². The van der Waals surface area contributed by atoms with Crippen LogP contribution < -0.4 is 0 Å². The number of allylic oxidation sites excluding steroid dienone is 3. The Labute approximate surface area is 141 Å². The van der Waals surface area contributed by atoms with E-state index in [2.05, 4.69) is 39.5 Å². The first-order chi connectivity index (χ1) is 10.6. The summed E-state index contributed by atoms with van der Waals surface area (Å²) in [6.07, 6.45) is 12.0. The van der Waals surface area contributed by atoms with Crippen molar-refractivity contribution < 1.29 is 9.90 Å². The molecule has 0 aliphatic heterocycles. The van der Waals surface area contributed by atoms with Crippen molar-refractivity contribution in [1.29, 1.82) is 0 Å².